The van der Waals surface area contributed by atoms with E-state index in [1.54, 1.807) is 30.3 Å². The highest BCUT2D eigenvalue weighted by molar-refractivity contribution is 5.97. The summed E-state index contributed by atoms with van der Waals surface area (Å²) in [6.45, 7) is -0.284. The molecule has 12 heteroatoms. The number of hydrogen-bond donors (Lipinski definition) is 0. The molecular weight excluding hydrogens is 439 g/mol. The number of imide groups is 1. The third-order valence-electron chi connectivity index (χ3n) is 4.85. The average molecular weight is 454 g/mol. The van der Waals surface area contributed by atoms with Crippen molar-refractivity contribution in [3.63, 3.8) is 0 Å². The zero-order chi connectivity index (χ0) is 23.5. The molecule has 1 saturated heterocycles. The van der Waals surface area contributed by atoms with Gasteiger partial charge in [-0.1, -0.05) is 35.4 Å². The van der Waals surface area contributed by atoms with Gasteiger partial charge in [-0.2, -0.15) is 13.2 Å². The van der Waals surface area contributed by atoms with Crippen LogP contribution in [0.2, 0.25) is 0 Å². The number of ether oxygens (including phenoxy) is 1. The SMILES string of the molecule is [N-]=[N+]=N[C@@H](C(=O)N1C(=O)OC[C@@H]1Cc1ccccc1)[C@H](c1cc(F)cc(F)c1)C(F)(F)F. The van der Waals surface area contributed by atoms with Gasteiger partial charge in [0, 0.05) is 11.0 Å². The molecule has 0 N–H and O–H groups in total. The van der Waals surface area contributed by atoms with Crippen molar-refractivity contribution in [2.45, 2.75) is 30.6 Å². The number of halogens is 5. The van der Waals surface area contributed by atoms with Crippen molar-refractivity contribution in [1.29, 1.82) is 0 Å². The molecule has 1 aliphatic heterocycles. The lowest BCUT2D eigenvalue weighted by molar-refractivity contribution is -0.163. The molecule has 0 aliphatic carbocycles. The molecule has 2 amide bonds. The minimum atomic E-state index is -5.24. The van der Waals surface area contributed by atoms with E-state index in [0.29, 0.717) is 28.7 Å². The van der Waals surface area contributed by atoms with E-state index < -0.39 is 53.4 Å². The molecule has 2 aromatic carbocycles. The van der Waals surface area contributed by atoms with Crippen LogP contribution in [-0.2, 0) is 16.0 Å². The van der Waals surface area contributed by atoms with E-state index in [1.807, 2.05) is 0 Å². The first-order valence-electron chi connectivity index (χ1n) is 9.22. The third-order valence-corrected chi connectivity index (χ3v) is 4.85. The Bertz CT molecular complexity index is 1040. The van der Waals surface area contributed by atoms with E-state index in [0.717, 1.165) is 0 Å². The van der Waals surface area contributed by atoms with Crippen molar-refractivity contribution >= 4 is 12.0 Å². The summed E-state index contributed by atoms with van der Waals surface area (Å²) in [6.07, 6.45) is -6.37. The second-order valence-corrected chi connectivity index (χ2v) is 7.00. The highest BCUT2D eigenvalue weighted by atomic mass is 19.4. The van der Waals surface area contributed by atoms with E-state index in [9.17, 15) is 31.5 Å². The van der Waals surface area contributed by atoms with Crippen LogP contribution in [0.15, 0.2) is 53.6 Å². The first-order chi connectivity index (χ1) is 15.1. The monoisotopic (exact) mass is 454 g/mol. The van der Waals surface area contributed by atoms with Gasteiger partial charge in [0.05, 0.1) is 12.0 Å². The van der Waals surface area contributed by atoms with Gasteiger partial charge in [0.1, 0.15) is 24.3 Å². The summed E-state index contributed by atoms with van der Waals surface area (Å²) in [6, 6.07) is 6.12. The zero-order valence-corrected chi connectivity index (χ0v) is 16.2. The maximum Gasteiger partial charge on any atom is 0.416 e. The van der Waals surface area contributed by atoms with Gasteiger partial charge in [0.15, 0.2) is 0 Å². The summed E-state index contributed by atoms with van der Waals surface area (Å²) in [5, 5.41) is 2.96. The molecule has 0 radical (unpaired) electrons. The second kappa shape index (κ2) is 9.23. The molecule has 0 saturated carbocycles. The van der Waals surface area contributed by atoms with E-state index in [1.165, 1.54) is 0 Å². The fourth-order valence-corrected chi connectivity index (χ4v) is 3.53. The molecule has 1 fully saturated rings. The van der Waals surface area contributed by atoms with Crippen molar-refractivity contribution in [3.05, 3.63) is 81.7 Å². The highest BCUT2D eigenvalue weighted by Crippen LogP contribution is 2.40. The molecule has 32 heavy (non-hydrogen) atoms. The second-order valence-electron chi connectivity index (χ2n) is 7.00. The normalized spacial score (nSPS) is 18.0. The van der Waals surface area contributed by atoms with Gasteiger partial charge < -0.3 is 4.74 Å². The smallest absolute Gasteiger partial charge is 0.416 e. The van der Waals surface area contributed by atoms with E-state index in [2.05, 4.69) is 10.0 Å². The Kier molecular flexibility index (Phi) is 6.64. The minimum absolute atomic E-state index is 0.0760. The number of alkyl halides is 3. The van der Waals surface area contributed by atoms with E-state index in [4.69, 9.17) is 10.3 Å². The number of azide groups is 1. The summed E-state index contributed by atoms with van der Waals surface area (Å²) >= 11 is 0. The van der Waals surface area contributed by atoms with Crippen LogP contribution < -0.4 is 0 Å². The summed E-state index contributed by atoms with van der Waals surface area (Å²) in [7, 11) is 0. The maximum atomic E-state index is 13.9. The number of benzene rings is 2. The van der Waals surface area contributed by atoms with Crippen LogP contribution in [0.3, 0.4) is 0 Å². The fraction of sp³-hybridized carbons (Fsp3) is 0.300. The van der Waals surface area contributed by atoms with Gasteiger partial charge in [-0.25, -0.2) is 18.5 Å². The van der Waals surface area contributed by atoms with E-state index >= 15 is 0 Å². The quantitative estimate of drug-likeness (QED) is 0.269. The van der Waals surface area contributed by atoms with Crippen LogP contribution in [0.25, 0.3) is 10.4 Å². The summed E-state index contributed by atoms with van der Waals surface area (Å²) in [5.74, 6) is -7.02. The molecule has 0 spiro atoms. The van der Waals surface area contributed by atoms with Gasteiger partial charge in [0.2, 0.25) is 5.91 Å². The Hall–Kier alpha value is -3.66. The standard InChI is InChI=1S/C20H15F5N4O3/c21-13-7-12(8-14(22)9-13)16(20(23,24)25)17(27-28-26)18(30)29-15(10-32-19(29)31)6-11-4-2-1-3-5-11/h1-5,7-9,15-17H,6,10H2/t15-,16-,17+/m0/s1. The molecule has 1 aliphatic rings. The molecule has 7 nitrogen and oxygen atoms in total. The lowest BCUT2D eigenvalue weighted by Crippen LogP contribution is -2.49. The predicted octanol–water partition coefficient (Wildman–Crippen LogP) is 4.88. The Morgan fingerprint density at radius 1 is 1.19 bits per heavy atom. The fourth-order valence-electron chi connectivity index (χ4n) is 3.53. The van der Waals surface area contributed by atoms with Gasteiger partial charge in [-0.05, 0) is 35.2 Å². The van der Waals surface area contributed by atoms with Gasteiger partial charge >= 0.3 is 12.3 Å². The Balaban J connectivity index is 2.01. The minimum Gasteiger partial charge on any atom is -0.447 e. The number of cyclic esters (lactones) is 1. The van der Waals surface area contributed by atoms with Crippen LogP contribution in [0.4, 0.5) is 26.7 Å². The average Bonchev–Trinajstić information content (AvgIpc) is 3.06. The first-order valence-corrected chi connectivity index (χ1v) is 9.22. The Labute approximate surface area is 178 Å². The molecule has 0 aromatic heterocycles. The van der Waals surface area contributed by atoms with Gasteiger partial charge in [0.25, 0.3) is 0 Å². The molecule has 3 rings (SSSR count). The van der Waals surface area contributed by atoms with Crippen LogP contribution in [0, 0.1) is 11.6 Å². The molecule has 3 atom stereocenters. The third kappa shape index (κ3) is 4.97. The van der Waals surface area contributed by atoms with Crippen molar-refractivity contribution in [2.75, 3.05) is 6.61 Å². The number of rotatable bonds is 6. The van der Waals surface area contributed by atoms with Crippen molar-refractivity contribution in [2.24, 2.45) is 5.11 Å². The summed E-state index contributed by atoms with van der Waals surface area (Å²) < 4.78 is 73.8. The van der Waals surface area contributed by atoms with Gasteiger partial charge in [-0.15, -0.1) is 0 Å². The van der Waals surface area contributed by atoms with Crippen LogP contribution in [-0.4, -0.2) is 41.8 Å². The number of hydrogen-bond acceptors (Lipinski definition) is 4. The first kappa shape index (κ1) is 23.0. The van der Waals surface area contributed by atoms with Crippen molar-refractivity contribution in [1.82, 2.24) is 4.90 Å². The maximum absolute atomic E-state index is 13.9. The van der Waals surface area contributed by atoms with Crippen LogP contribution in [0.1, 0.15) is 17.0 Å². The lowest BCUT2D eigenvalue weighted by Gasteiger charge is -2.29. The molecule has 168 valence electrons. The number of amides is 2. The lowest BCUT2D eigenvalue weighted by atomic mass is 9.89. The zero-order valence-electron chi connectivity index (χ0n) is 16.2. The summed E-state index contributed by atoms with van der Waals surface area (Å²) in [4.78, 5) is 28.0. The number of carbonyl (C=O) groups excluding carboxylic acids is 2. The Morgan fingerprint density at radius 2 is 1.81 bits per heavy atom. The van der Waals surface area contributed by atoms with Crippen molar-refractivity contribution < 1.29 is 36.3 Å². The number of carbonyl (C=O) groups is 2. The van der Waals surface area contributed by atoms with Gasteiger partial charge in [-0.3, -0.25) is 4.79 Å². The molecule has 1 heterocycles. The molecule has 0 bridgehead atoms. The largest absolute Gasteiger partial charge is 0.447 e. The Morgan fingerprint density at radius 3 is 2.38 bits per heavy atom. The molecule has 0 unspecified atom stereocenters. The van der Waals surface area contributed by atoms with E-state index in [-0.39, 0.29) is 13.0 Å². The van der Waals surface area contributed by atoms with Crippen molar-refractivity contribution in [3.8, 4) is 0 Å². The topological polar surface area (TPSA) is 95.4 Å². The summed E-state index contributed by atoms with van der Waals surface area (Å²) in [5.41, 5.74) is 8.53. The predicted molar refractivity (Wildman–Crippen MR) is 100 cm³/mol. The van der Waals surface area contributed by atoms with Crippen LogP contribution in [0.5, 0.6) is 0 Å². The molecule has 2 aromatic rings. The van der Waals surface area contributed by atoms with Crippen LogP contribution >= 0.6 is 0 Å². The highest BCUT2D eigenvalue weighted by Gasteiger charge is 2.52. The number of nitrogens with zero attached hydrogens (tertiary/aromatic N) is 4. The molecular formula is C20H15F5N4O3.